The third-order valence-electron chi connectivity index (χ3n) is 3.56. The van der Waals surface area contributed by atoms with E-state index in [0.717, 1.165) is 0 Å². The molecule has 1 unspecified atom stereocenters. The Bertz CT molecular complexity index is 746. The van der Waals surface area contributed by atoms with Gasteiger partial charge in [0.05, 0.1) is 17.0 Å². The number of nitrogens with one attached hydrogen (secondary N) is 1. The van der Waals surface area contributed by atoms with Crippen LogP contribution in [0.5, 0.6) is 0 Å². The lowest BCUT2D eigenvalue weighted by Crippen LogP contribution is -2.45. The number of pyridine rings is 1. The van der Waals surface area contributed by atoms with Gasteiger partial charge in [-0.05, 0) is 30.7 Å². The van der Waals surface area contributed by atoms with Gasteiger partial charge in [0, 0.05) is 19.4 Å². The first kappa shape index (κ1) is 17.3. The van der Waals surface area contributed by atoms with Gasteiger partial charge in [0.15, 0.2) is 0 Å². The van der Waals surface area contributed by atoms with Gasteiger partial charge in [-0.25, -0.2) is 0 Å². The number of carbonyl (C=O) groups excluding carboxylic acids is 1. The summed E-state index contributed by atoms with van der Waals surface area (Å²) in [7, 11) is 1.60. The van der Waals surface area contributed by atoms with Crippen LogP contribution in [0.2, 0.25) is 10.2 Å². The van der Waals surface area contributed by atoms with Crippen molar-refractivity contribution < 1.29 is 14.7 Å². The van der Waals surface area contributed by atoms with Gasteiger partial charge in [0.1, 0.15) is 10.8 Å². The molecule has 1 amide bonds. The molecule has 2 heterocycles. The summed E-state index contributed by atoms with van der Waals surface area (Å²) in [5, 5.41) is 12.4. The molecule has 0 radical (unpaired) electrons. The van der Waals surface area contributed by atoms with Crippen molar-refractivity contribution in [1.82, 2.24) is 14.9 Å². The minimum Gasteiger partial charge on any atom is -0.481 e. The molecular formula is C15H15Cl2N3O3. The summed E-state index contributed by atoms with van der Waals surface area (Å²) in [5.41, 5.74) is -0.227. The molecule has 0 saturated carbocycles. The predicted molar refractivity (Wildman–Crippen MR) is 86.7 cm³/mol. The van der Waals surface area contributed by atoms with Crippen LogP contribution >= 0.6 is 23.2 Å². The molecular weight excluding hydrogens is 341 g/mol. The summed E-state index contributed by atoms with van der Waals surface area (Å²) < 4.78 is 1.44. The number of carboxylic acid groups (broad SMARTS) is 1. The number of carboxylic acids is 1. The number of aliphatic carboxylic acids is 1. The first-order valence-corrected chi connectivity index (χ1v) is 7.46. The number of nitrogens with zero attached hydrogens (tertiary/aromatic N) is 2. The van der Waals surface area contributed by atoms with E-state index in [1.165, 1.54) is 23.0 Å². The molecule has 23 heavy (non-hydrogen) atoms. The van der Waals surface area contributed by atoms with E-state index in [4.69, 9.17) is 23.2 Å². The van der Waals surface area contributed by atoms with Crippen molar-refractivity contribution in [3.05, 3.63) is 52.0 Å². The molecule has 0 aliphatic carbocycles. The SMILES string of the molecule is Cn1c(C(=O)NC(C)(CC(=O)O)c2ccncc2)cc(Cl)c1Cl. The second-order valence-corrected chi connectivity index (χ2v) is 6.09. The van der Waals surface area contributed by atoms with Gasteiger partial charge in [-0.2, -0.15) is 0 Å². The maximum Gasteiger partial charge on any atom is 0.306 e. The number of hydrogen-bond donors (Lipinski definition) is 2. The first-order chi connectivity index (χ1) is 10.7. The normalized spacial score (nSPS) is 13.4. The molecule has 0 aromatic carbocycles. The predicted octanol–water partition coefficient (Wildman–Crippen LogP) is 2.85. The van der Waals surface area contributed by atoms with Gasteiger partial charge < -0.3 is 15.0 Å². The summed E-state index contributed by atoms with van der Waals surface area (Å²) in [6.07, 6.45) is 2.80. The van der Waals surface area contributed by atoms with Crippen LogP contribution in [-0.4, -0.2) is 26.5 Å². The van der Waals surface area contributed by atoms with Crippen LogP contribution in [0.1, 0.15) is 29.4 Å². The lowest BCUT2D eigenvalue weighted by molar-refractivity contribution is -0.138. The Kier molecular flexibility index (Phi) is 4.97. The maximum atomic E-state index is 12.5. The van der Waals surface area contributed by atoms with Gasteiger partial charge in [-0.3, -0.25) is 14.6 Å². The highest BCUT2D eigenvalue weighted by atomic mass is 35.5. The molecule has 0 saturated heterocycles. The number of rotatable bonds is 5. The standard InChI is InChI=1S/C15H15Cl2N3O3/c1-15(8-12(21)22,9-3-5-18-6-4-9)19-14(23)11-7-10(16)13(17)20(11)2/h3-7H,8H2,1-2H3,(H,19,23)(H,21,22). The summed E-state index contributed by atoms with van der Waals surface area (Å²) in [5.74, 6) is -1.51. The van der Waals surface area contributed by atoms with Crippen molar-refractivity contribution in [1.29, 1.82) is 0 Å². The minimum atomic E-state index is -1.10. The highest BCUT2D eigenvalue weighted by Crippen LogP contribution is 2.28. The fraction of sp³-hybridized carbons (Fsp3) is 0.267. The summed E-state index contributed by atoms with van der Waals surface area (Å²) in [6.45, 7) is 1.64. The molecule has 122 valence electrons. The molecule has 0 spiro atoms. The van der Waals surface area contributed by atoms with Crippen molar-refractivity contribution in [2.24, 2.45) is 7.05 Å². The van der Waals surface area contributed by atoms with Gasteiger partial charge >= 0.3 is 5.97 Å². The molecule has 2 rings (SSSR count). The zero-order valence-electron chi connectivity index (χ0n) is 12.5. The molecule has 8 heteroatoms. The fourth-order valence-corrected chi connectivity index (χ4v) is 2.69. The highest BCUT2D eigenvalue weighted by molar-refractivity contribution is 6.41. The third kappa shape index (κ3) is 3.65. The molecule has 1 atom stereocenters. The number of aromatic nitrogens is 2. The third-order valence-corrected chi connectivity index (χ3v) is 4.40. The van der Waals surface area contributed by atoms with E-state index in [2.05, 4.69) is 10.3 Å². The summed E-state index contributed by atoms with van der Waals surface area (Å²) in [4.78, 5) is 27.7. The van der Waals surface area contributed by atoms with Gasteiger partial charge in [0.25, 0.3) is 5.91 Å². The minimum absolute atomic E-state index is 0.237. The zero-order valence-corrected chi connectivity index (χ0v) is 14.0. The molecule has 0 bridgehead atoms. The average molecular weight is 356 g/mol. The van der Waals surface area contributed by atoms with Crippen molar-refractivity contribution in [3.63, 3.8) is 0 Å². The summed E-state index contributed by atoms with van der Waals surface area (Å²) in [6, 6.07) is 4.76. The van der Waals surface area contributed by atoms with E-state index >= 15 is 0 Å². The number of amides is 1. The first-order valence-electron chi connectivity index (χ1n) is 6.70. The van der Waals surface area contributed by atoms with Gasteiger partial charge in [0.2, 0.25) is 0 Å². The van der Waals surface area contributed by atoms with Crippen molar-refractivity contribution in [3.8, 4) is 0 Å². The van der Waals surface area contributed by atoms with Crippen LogP contribution in [0.4, 0.5) is 0 Å². The topological polar surface area (TPSA) is 84.2 Å². The quantitative estimate of drug-likeness (QED) is 0.863. The second kappa shape index (κ2) is 6.60. The van der Waals surface area contributed by atoms with E-state index < -0.39 is 17.4 Å². The molecule has 0 aliphatic rings. The Hall–Kier alpha value is -2.05. The largest absolute Gasteiger partial charge is 0.481 e. The molecule has 0 fully saturated rings. The molecule has 2 N–H and O–H groups in total. The Morgan fingerprint density at radius 3 is 2.43 bits per heavy atom. The molecule has 6 nitrogen and oxygen atoms in total. The Morgan fingerprint density at radius 2 is 1.96 bits per heavy atom. The fourth-order valence-electron chi connectivity index (χ4n) is 2.32. The monoisotopic (exact) mass is 355 g/mol. The Morgan fingerprint density at radius 1 is 1.35 bits per heavy atom. The lowest BCUT2D eigenvalue weighted by atomic mass is 9.89. The summed E-state index contributed by atoms with van der Waals surface area (Å²) >= 11 is 11.9. The van der Waals surface area contributed by atoms with E-state index in [9.17, 15) is 14.7 Å². The van der Waals surface area contributed by atoms with Crippen LogP contribution in [-0.2, 0) is 17.4 Å². The average Bonchev–Trinajstić information content (AvgIpc) is 2.75. The van der Waals surface area contributed by atoms with E-state index in [0.29, 0.717) is 5.56 Å². The zero-order chi connectivity index (χ0) is 17.2. The molecule has 2 aromatic rings. The van der Waals surface area contributed by atoms with Crippen molar-refractivity contribution in [2.45, 2.75) is 18.9 Å². The molecule has 2 aromatic heterocycles. The maximum absolute atomic E-state index is 12.5. The van der Waals surface area contributed by atoms with Crippen molar-refractivity contribution >= 4 is 35.1 Å². The Labute approximate surface area is 143 Å². The van der Waals surface area contributed by atoms with Crippen LogP contribution in [0.25, 0.3) is 0 Å². The number of carbonyl (C=O) groups is 2. The van der Waals surface area contributed by atoms with E-state index in [-0.39, 0.29) is 22.3 Å². The van der Waals surface area contributed by atoms with Crippen LogP contribution in [0.15, 0.2) is 30.6 Å². The van der Waals surface area contributed by atoms with Crippen LogP contribution in [0, 0.1) is 0 Å². The molecule has 0 aliphatic heterocycles. The van der Waals surface area contributed by atoms with E-state index in [1.54, 1.807) is 26.1 Å². The highest BCUT2D eigenvalue weighted by Gasteiger charge is 2.32. The van der Waals surface area contributed by atoms with Gasteiger partial charge in [-0.1, -0.05) is 23.2 Å². The Balaban J connectivity index is 2.36. The second-order valence-electron chi connectivity index (χ2n) is 5.32. The van der Waals surface area contributed by atoms with Crippen LogP contribution < -0.4 is 5.32 Å². The van der Waals surface area contributed by atoms with E-state index in [1.807, 2.05) is 0 Å². The van der Waals surface area contributed by atoms with Gasteiger partial charge in [-0.15, -0.1) is 0 Å². The van der Waals surface area contributed by atoms with Crippen molar-refractivity contribution in [2.75, 3.05) is 0 Å². The number of halogens is 2. The smallest absolute Gasteiger partial charge is 0.306 e. The lowest BCUT2D eigenvalue weighted by Gasteiger charge is -2.30. The number of hydrogen-bond acceptors (Lipinski definition) is 3. The van der Waals surface area contributed by atoms with Crippen LogP contribution in [0.3, 0.4) is 0 Å².